The lowest BCUT2D eigenvalue weighted by Gasteiger charge is -2.25. The van der Waals surface area contributed by atoms with Gasteiger partial charge in [-0.3, -0.25) is 4.90 Å². The topological polar surface area (TPSA) is 19.0 Å². The monoisotopic (exact) mass is 192 g/mol. The van der Waals surface area contributed by atoms with Gasteiger partial charge >= 0.3 is 6.18 Å². The summed E-state index contributed by atoms with van der Waals surface area (Å²) in [6, 6.07) is -0.100. The SMILES string of the molecule is CN(C)C(c1cc[nH]c1)C(F)(F)F. The van der Waals surface area contributed by atoms with Crippen molar-refractivity contribution in [3.8, 4) is 0 Å². The number of H-pyrrole nitrogens is 1. The molecule has 0 amide bonds. The van der Waals surface area contributed by atoms with Crippen molar-refractivity contribution >= 4 is 0 Å². The molecule has 1 aromatic heterocycles. The number of alkyl halides is 3. The molecule has 0 spiro atoms. The van der Waals surface area contributed by atoms with E-state index in [9.17, 15) is 13.2 Å². The summed E-state index contributed by atoms with van der Waals surface area (Å²) in [6.45, 7) is 0. The van der Waals surface area contributed by atoms with E-state index in [-0.39, 0.29) is 5.56 Å². The van der Waals surface area contributed by atoms with Crippen LogP contribution in [0.3, 0.4) is 0 Å². The van der Waals surface area contributed by atoms with Crippen molar-refractivity contribution in [2.75, 3.05) is 14.1 Å². The van der Waals surface area contributed by atoms with Crippen LogP contribution >= 0.6 is 0 Å². The summed E-state index contributed by atoms with van der Waals surface area (Å²) in [5.41, 5.74) is 0.234. The van der Waals surface area contributed by atoms with Gasteiger partial charge < -0.3 is 4.98 Å². The van der Waals surface area contributed by atoms with E-state index in [0.717, 1.165) is 4.90 Å². The maximum absolute atomic E-state index is 12.5. The van der Waals surface area contributed by atoms with E-state index in [2.05, 4.69) is 4.98 Å². The van der Waals surface area contributed by atoms with Gasteiger partial charge in [0.2, 0.25) is 0 Å². The summed E-state index contributed by atoms with van der Waals surface area (Å²) >= 11 is 0. The van der Waals surface area contributed by atoms with E-state index in [1.165, 1.54) is 32.6 Å². The molecule has 0 aliphatic carbocycles. The molecule has 0 saturated carbocycles. The second kappa shape index (κ2) is 3.41. The van der Waals surface area contributed by atoms with Crippen LogP contribution in [0.2, 0.25) is 0 Å². The zero-order valence-electron chi connectivity index (χ0n) is 7.39. The molecule has 0 radical (unpaired) electrons. The van der Waals surface area contributed by atoms with E-state index in [1.807, 2.05) is 0 Å². The third-order valence-electron chi connectivity index (χ3n) is 1.76. The highest BCUT2D eigenvalue weighted by molar-refractivity contribution is 5.15. The normalized spacial score (nSPS) is 14.9. The summed E-state index contributed by atoms with van der Waals surface area (Å²) in [6.07, 6.45) is -1.39. The minimum absolute atomic E-state index is 0.234. The van der Waals surface area contributed by atoms with Crippen LogP contribution in [0.4, 0.5) is 13.2 Å². The highest BCUT2D eigenvalue weighted by Crippen LogP contribution is 2.35. The van der Waals surface area contributed by atoms with Crippen LogP contribution in [-0.4, -0.2) is 30.2 Å². The van der Waals surface area contributed by atoms with Gasteiger partial charge in [0.1, 0.15) is 6.04 Å². The molecule has 74 valence electrons. The number of aromatic amines is 1. The molecule has 1 N–H and O–H groups in total. The lowest BCUT2D eigenvalue weighted by Crippen LogP contribution is -2.32. The van der Waals surface area contributed by atoms with E-state index < -0.39 is 12.2 Å². The predicted octanol–water partition coefficient (Wildman–Crippen LogP) is 2.18. The summed E-state index contributed by atoms with van der Waals surface area (Å²) in [7, 11) is 2.82. The van der Waals surface area contributed by atoms with Crippen molar-refractivity contribution in [2.24, 2.45) is 0 Å². The van der Waals surface area contributed by atoms with E-state index in [0.29, 0.717) is 0 Å². The number of hydrogen-bond donors (Lipinski definition) is 1. The van der Waals surface area contributed by atoms with Gasteiger partial charge in [0, 0.05) is 12.4 Å². The first kappa shape index (κ1) is 10.1. The standard InChI is InChI=1S/C8H11F3N2/c1-13(2)7(8(9,10)11)6-3-4-12-5-6/h3-5,7,12H,1-2H3. The molecule has 2 nitrogen and oxygen atoms in total. The lowest BCUT2D eigenvalue weighted by molar-refractivity contribution is -0.179. The van der Waals surface area contributed by atoms with Crippen LogP contribution in [0, 0.1) is 0 Å². The van der Waals surface area contributed by atoms with Crippen LogP contribution in [0.1, 0.15) is 11.6 Å². The van der Waals surface area contributed by atoms with E-state index >= 15 is 0 Å². The number of halogens is 3. The zero-order valence-corrected chi connectivity index (χ0v) is 7.39. The summed E-state index contributed by atoms with van der Waals surface area (Å²) in [4.78, 5) is 3.75. The van der Waals surface area contributed by atoms with Gasteiger partial charge in [-0.2, -0.15) is 13.2 Å². The van der Waals surface area contributed by atoms with Crippen molar-refractivity contribution < 1.29 is 13.2 Å². The molecule has 1 rings (SSSR count). The van der Waals surface area contributed by atoms with Crippen LogP contribution in [0.5, 0.6) is 0 Å². The molecule has 1 atom stereocenters. The summed E-state index contributed by atoms with van der Waals surface area (Å²) < 4.78 is 37.4. The summed E-state index contributed by atoms with van der Waals surface area (Å²) in [5, 5.41) is 0. The fraction of sp³-hybridized carbons (Fsp3) is 0.500. The number of nitrogens with zero attached hydrogens (tertiary/aromatic N) is 1. The third kappa shape index (κ3) is 2.24. The second-order valence-corrected chi connectivity index (χ2v) is 3.05. The molecule has 1 unspecified atom stereocenters. The van der Waals surface area contributed by atoms with Crippen molar-refractivity contribution in [3.63, 3.8) is 0 Å². The fourth-order valence-electron chi connectivity index (χ4n) is 1.29. The van der Waals surface area contributed by atoms with Gasteiger partial charge in [-0.15, -0.1) is 0 Å². The van der Waals surface area contributed by atoms with Crippen molar-refractivity contribution in [1.82, 2.24) is 9.88 Å². The van der Waals surface area contributed by atoms with Crippen molar-refractivity contribution in [1.29, 1.82) is 0 Å². The first-order valence-corrected chi connectivity index (χ1v) is 3.78. The van der Waals surface area contributed by atoms with Crippen LogP contribution in [0.25, 0.3) is 0 Å². The molecule has 0 fully saturated rings. The lowest BCUT2D eigenvalue weighted by atomic mass is 10.1. The van der Waals surface area contributed by atoms with Gasteiger partial charge in [-0.05, 0) is 25.7 Å². The maximum atomic E-state index is 12.5. The van der Waals surface area contributed by atoms with Gasteiger partial charge in [0.15, 0.2) is 0 Å². The molecule has 0 bridgehead atoms. The first-order chi connectivity index (χ1) is 5.93. The predicted molar refractivity (Wildman–Crippen MR) is 43.3 cm³/mol. The Bertz CT molecular complexity index is 251. The quantitative estimate of drug-likeness (QED) is 0.760. The molecular weight excluding hydrogens is 181 g/mol. The molecule has 5 heteroatoms. The fourth-order valence-corrected chi connectivity index (χ4v) is 1.29. The Hall–Kier alpha value is -0.970. The minimum Gasteiger partial charge on any atom is -0.367 e. The van der Waals surface area contributed by atoms with E-state index in [1.54, 1.807) is 0 Å². The third-order valence-corrected chi connectivity index (χ3v) is 1.76. The Labute approximate surface area is 74.4 Å². The van der Waals surface area contributed by atoms with Crippen molar-refractivity contribution in [2.45, 2.75) is 12.2 Å². The molecule has 0 saturated heterocycles. The Morgan fingerprint density at radius 2 is 2.00 bits per heavy atom. The number of rotatable bonds is 2. The molecule has 1 aromatic rings. The first-order valence-electron chi connectivity index (χ1n) is 3.78. The summed E-state index contributed by atoms with van der Waals surface area (Å²) in [5.74, 6) is 0. The highest BCUT2D eigenvalue weighted by atomic mass is 19.4. The second-order valence-electron chi connectivity index (χ2n) is 3.05. The van der Waals surface area contributed by atoms with Crippen LogP contribution in [-0.2, 0) is 0 Å². The van der Waals surface area contributed by atoms with Gasteiger partial charge in [-0.1, -0.05) is 0 Å². The van der Waals surface area contributed by atoms with Gasteiger partial charge in [0.25, 0.3) is 0 Å². The zero-order chi connectivity index (χ0) is 10.1. The number of aromatic nitrogens is 1. The van der Waals surface area contributed by atoms with Gasteiger partial charge in [0.05, 0.1) is 0 Å². The highest BCUT2D eigenvalue weighted by Gasteiger charge is 2.42. The molecule has 1 heterocycles. The minimum atomic E-state index is -4.23. The van der Waals surface area contributed by atoms with Gasteiger partial charge in [-0.25, -0.2) is 0 Å². The molecule has 0 aliphatic rings. The van der Waals surface area contributed by atoms with Crippen LogP contribution < -0.4 is 0 Å². The Morgan fingerprint density at radius 1 is 1.38 bits per heavy atom. The Kier molecular flexibility index (Phi) is 2.66. The van der Waals surface area contributed by atoms with Crippen molar-refractivity contribution in [3.05, 3.63) is 24.0 Å². The van der Waals surface area contributed by atoms with Crippen LogP contribution in [0.15, 0.2) is 18.5 Å². The maximum Gasteiger partial charge on any atom is 0.408 e. The van der Waals surface area contributed by atoms with E-state index in [4.69, 9.17) is 0 Å². The molecular formula is C8H11F3N2. The number of nitrogens with one attached hydrogen (secondary N) is 1. The molecule has 0 aromatic carbocycles. The molecule has 0 aliphatic heterocycles. The Balaban J connectivity index is 2.94. The average molecular weight is 192 g/mol. The largest absolute Gasteiger partial charge is 0.408 e. The smallest absolute Gasteiger partial charge is 0.367 e. The molecule has 13 heavy (non-hydrogen) atoms. The Morgan fingerprint density at radius 3 is 2.31 bits per heavy atom. The average Bonchev–Trinajstić information content (AvgIpc) is 2.34. The number of hydrogen-bond acceptors (Lipinski definition) is 1.